The van der Waals surface area contributed by atoms with E-state index in [1.54, 1.807) is 12.1 Å². The molecule has 0 aromatic heterocycles. The summed E-state index contributed by atoms with van der Waals surface area (Å²) in [5.41, 5.74) is 2.92. The molecular weight excluding hydrogens is 448 g/mol. The highest BCUT2D eigenvalue weighted by molar-refractivity contribution is 8.25. The zero-order chi connectivity index (χ0) is 21.5. The fourth-order valence-electron chi connectivity index (χ4n) is 2.65. The Kier molecular flexibility index (Phi) is 5.22. The van der Waals surface area contributed by atoms with Crippen LogP contribution in [-0.2, 0) is 14.9 Å². The molecule has 1 N–H and O–H groups in total. The molecule has 0 radical (unpaired) electrons. The predicted molar refractivity (Wildman–Crippen MR) is 117 cm³/mol. The molecule has 4 rings (SSSR count). The molecule has 11 heteroatoms. The van der Waals surface area contributed by atoms with E-state index in [2.05, 4.69) is 10.1 Å². The van der Waals surface area contributed by atoms with Gasteiger partial charge in [-0.1, -0.05) is 35.4 Å². The smallest absolute Gasteiger partial charge is 0.339 e. The molecule has 2 aromatic rings. The van der Waals surface area contributed by atoms with Crippen LogP contribution in [0.4, 0.5) is 0 Å². The molecule has 152 valence electrons. The third kappa shape index (κ3) is 3.89. The number of hydrazone groups is 1. The topological polar surface area (TPSA) is 112 Å². The number of carbonyl (C=O) groups is 1. The number of thioether (sulfide) groups is 1. The number of amides is 1. The summed E-state index contributed by atoms with van der Waals surface area (Å²) in [6.45, 7) is 1.85. The van der Waals surface area contributed by atoms with Gasteiger partial charge in [-0.05, 0) is 54.6 Å². The van der Waals surface area contributed by atoms with E-state index < -0.39 is 16.0 Å². The number of halogens is 1. The van der Waals surface area contributed by atoms with Crippen LogP contribution in [0.2, 0.25) is 5.02 Å². The van der Waals surface area contributed by atoms with Crippen LogP contribution in [0.3, 0.4) is 0 Å². The molecular formula is C19H13ClN4O4S2. The molecule has 2 aliphatic heterocycles. The van der Waals surface area contributed by atoms with Crippen LogP contribution < -0.4 is 4.18 Å². The fraction of sp³-hybridized carbons (Fsp3) is 0.0526. The summed E-state index contributed by atoms with van der Waals surface area (Å²) < 4.78 is 30.1. The van der Waals surface area contributed by atoms with Gasteiger partial charge in [-0.15, -0.1) is 0 Å². The Balaban J connectivity index is 1.60. The number of rotatable bonds is 4. The van der Waals surface area contributed by atoms with Gasteiger partial charge in [0.15, 0.2) is 16.8 Å². The van der Waals surface area contributed by atoms with Crippen molar-refractivity contribution in [3.63, 3.8) is 0 Å². The Labute approximate surface area is 181 Å². The van der Waals surface area contributed by atoms with Crippen molar-refractivity contribution < 1.29 is 17.4 Å². The fourth-order valence-corrected chi connectivity index (χ4v) is 4.48. The zero-order valence-corrected chi connectivity index (χ0v) is 17.8. The van der Waals surface area contributed by atoms with Crippen molar-refractivity contribution >= 4 is 62.0 Å². The first-order valence-corrected chi connectivity index (χ1v) is 11.1. The lowest BCUT2D eigenvalue weighted by atomic mass is 10.1. The van der Waals surface area contributed by atoms with Crippen LogP contribution in [0, 0.1) is 12.3 Å². The van der Waals surface area contributed by atoms with Crippen molar-refractivity contribution in [2.24, 2.45) is 10.1 Å². The first-order valence-electron chi connectivity index (χ1n) is 8.48. The first kappa shape index (κ1) is 20.3. The highest BCUT2D eigenvalue weighted by atomic mass is 35.5. The molecule has 2 heterocycles. The Morgan fingerprint density at radius 2 is 1.93 bits per heavy atom. The molecule has 1 amide bonds. The Bertz CT molecular complexity index is 1270. The number of nitrogens with zero attached hydrogens (tertiary/aromatic N) is 3. The van der Waals surface area contributed by atoms with Gasteiger partial charge in [0.05, 0.1) is 16.1 Å². The number of aryl methyl sites for hydroxylation is 1. The molecule has 0 fully saturated rings. The van der Waals surface area contributed by atoms with E-state index >= 15 is 0 Å². The van der Waals surface area contributed by atoms with Crippen molar-refractivity contribution in [3.8, 4) is 5.75 Å². The lowest BCUT2D eigenvalue weighted by molar-refractivity contribution is -0.114. The number of benzene rings is 2. The molecule has 2 aliphatic rings. The van der Waals surface area contributed by atoms with Crippen molar-refractivity contribution in [3.05, 3.63) is 64.2 Å². The lowest BCUT2D eigenvalue weighted by Gasteiger charge is -2.20. The van der Waals surface area contributed by atoms with E-state index in [4.69, 9.17) is 21.2 Å². The lowest BCUT2D eigenvalue weighted by Crippen LogP contribution is -2.35. The summed E-state index contributed by atoms with van der Waals surface area (Å²) in [4.78, 5) is 16.1. The van der Waals surface area contributed by atoms with Gasteiger partial charge in [-0.25, -0.2) is 0 Å². The summed E-state index contributed by atoms with van der Waals surface area (Å²) in [7, 11) is -4.05. The number of aliphatic imine (C=N–C) groups is 1. The number of hydrogen-bond acceptors (Lipinski definition) is 7. The van der Waals surface area contributed by atoms with E-state index in [0.29, 0.717) is 10.7 Å². The van der Waals surface area contributed by atoms with E-state index in [1.807, 2.05) is 6.92 Å². The molecule has 2 aromatic carbocycles. The molecule has 0 saturated heterocycles. The third-order valence-corrected chi connectivity index (χ3v) is 6.39. The maximum atomic E-state index is 12.5. The van der Waals surface area contributed by atoms with E-state index in [-0.39, 0.29) is 27.1 Å². The minimum atomic E-state index is -4.05. The van der Waals surface area contributed by atoms with Crippen LogP contribution in [0.1, 0.15) is 11.1 Å². The molecule has 0 atom stereocenters. The molecule has 0 unspecified atom stereocenters. The maximum Gasteiger partial charge on any atom is 0.339 e. The summed E-state index contributed by atoms with van der Waals surface area (Å²) in [5.74, 6) is -0.724. The second-order valence-corrected chi connectivity index (χ2v) is 9.06. The van der Waals surface area contributed by atoms with E-state index in [0.717, 1.165) is 17.3 Å². The maximum absolute atomic E-state index is 12.5. The molecule has 30 heavy (non-hydrogen) atoms. The number of nitrogens with one attached hydrogen (secondary N) is 1. The number of fused-ring (bicyclic) bond motifs is 1. The van der Waals surface area contributed by atoms with Gasteiger partial charge in [0.2, 0.25) is 0 Å². The molecule has 0 spiro atoms. The minimum Gasteiger partial charge on any atom is -0.377 e. The number of amidine groups is 2. The standard InChI is InChI=1S/C19H13ClN4O4S2/c1-11-2-5-13(6-3-11)30(26,27)28-16-7-4-12(9-15(16)20)8-14-17(21)24-19(23-18(14)25)29-10-22-24/h2-10,21H,1H3/b14-8+,21-17?. The number of carbonyl (C=O) groups excluding carboxylic acids is 1. The van der Waals surface area contributed by atoms with Crippen LogP contribution in [0.15, 0.2) is 63.0 Å². The van der Waals surface area contributed by atoms with Crippen molar-refractivity contribution in [1.82, 2.24) is 5.01 Å². The monoisotopic (exact) mass is 460 g/mol. The van der Waals surface area contributed by atoms with Gasteiger partial charge in [0.1, 0.15) is 4.90 Å². The third-order valence-electron chi connectivity index (χ3n) is 4.17. The highest BCUT2D eigenvalue weighted by Crippen LogP contribution is 2.30. The van der Waals surface area contributed by atoms with Gasteiger partial charge in [0, 0.05) is 0 Å². The second kappa shape index (κ2) is 7.71. The van der Waals surface area contributed by atoms with Gasteiger partial charge in [0.25, 0.3) is 5.91 Å². The molecule has 8 nitrogen and oxygen atoms in total. The average molecular weight is 461 g/mol. The first-order chi connectivity index (χ1) is 14.2. The van der Waals surface area contributed by atoms with Crippen LogP contribution in [0.5, 0.6) is 5.75 Å². The quantitative estimate of drug-likeness (QED) is 0.550. The molecule has 0 saturated carbocycles. The van der Waals surface area contributed by atoms with Gasteiger partial charge in [-0.2, -0.15) is 23.5 Å². The average Bonchev–Trinajstić information content (AvgIpc) is 3.16. The van der Waals surface area contributed by atoms with Crippen molar-refractivity contribution in [2.45, 2.75) is 11.8 Å². The minimum absolute atomic E-state index is 0.00862. The zero-order valence-electron chi connectivity index (χ0n) is 15.4. The van der Waals surface area contributed by atoms with Crippen molar-refractivity contribution in [1.29, 1.82) is 5.41 Å². The summed E-state index contributed by atoms with van der Waals surface area (Å²) in [5, 5.41) is 13.8. The van der Waals surface area contributed by atoms with Crippen LogP contribution >= 0.6 is 23.4 Å². The second-order valence-electron chi connectivity index (χ2n) is 6.30. The van der Waals surface area contributed by atoms with Gasteiger partial charge >= 0.3 is 10.1 Å². The van der Waals surface area contributed by atoms with Crippen LogP contribution in [-0.4, -0.2) is 35.9 Å². The predicted octanol–water partition coefficient (Wildman–Crippen LogP) is 3.67. The SMILES string of the molecule is Cc1ccc(S(=O)(=O)Oc2ccc(/C=C3\C(=N)N4N=CSC4=NC3=O)cc2Cl)cc1. The summed E-state index contributed by atoms with van der Waals surface area (Å²) >= 11 is 7.36. The normalized spacial score (nSPS) is 17.3. The Morgan fingerprint density at radius 1 is 1.20 bits per heavy atom. The molecule has 0 bridgehead atoms. The molecule has 0 aliphatic carbocycles. The largest absolute Gasteiger partial charge is 0.377 e. The Morgan fingerprint density at radius 3 is 2.63 bits per heavy atom. The van der Waals surface area contributed by atoms with Crippen molar-refractivity contribution in [2.75, 3.05) is 0 Å². The van der Waals surface area contributed by atoms with Crippen LogP contribution in [0.25, 0.3) is 6.08 Å². The van der Waals surface area contributed by atoms with E-state index in [1.165, 1.54) is 47.0 Å². The summed E-state index contributed by atoms with van der Waals surface area (Å²) in [6, 6.07) is 10.6. The Hall–Kier alpha value is -2.95. The van der Waals surface area contributed by atoms with Gasteiger partial charge < -0.3 is 4.18 Å². The number of hydrogen-bond donors (Lipinski definition) is 1. The van der Waals surface area contributed by atoms with E-state index in [9.17, 15) is 13.2 Å². The van der Waals surface area contributed by atoms with Gasteiger partial charge in [-0.3, -0.25) is 10.2 Å². The summed E-state index contributed by atoms with van der Waals surface area (Å²) in [6.07, 6.45) is 1.44. The highest BCUT2D eigenvalue weighted by Gasteiger charge is 2.32.